The van der Waals surface area contributed by atoms with Crippen molar-refractivity contribution in [1.82, 2.24) is 14.7 Å². The van der Waals surface area contributed by atoms with E-state index in [1.165, 1.54) is 0 Å². The SMILES string of the molecule is C[C@H](N[S@@+]([O-])C(C)(C)C)C12CCC(Nc3ccc4ccnc(Cl)c4n3)(CC1)CC2. The Bertz CT molecular complexity index is 875. The second-order valence-corrected chi connectivity index (χ2v) is 12.2. The number of fused-ring (bicyclic) bond motifs is 4. The average Bonchev–Trinajstić information content (AvgIpc) is 2.69. The average molecular weight is 435 g/mol. The van der Waals surface area contributed by atoms with Crippen LogP contribution in [-0.4, -0.2) is 30.8 Å². The highest BCUT2D eigenvalue weighted by Crippen LogP contribution is 2.55. The van der Waals surface area contributed by atoms with Crippen LogP contribution in [0.25, 0.3) is 10.9 Å². The molecule has 0 amide bonds. The molecule has 3 saturated carbocycles. The monoisotopic (exact) mass is 434 g/mol. The van der Waals surface area contributed by atoms with Crippen LogP contribution in [0.5, 0.6) is 0 Å². The largest absolute Gasteiger partial charge is 0.598 e. The first-order valence-corrected chi connectivity index (χ1v) is 12.0. The lowest BCUT2D eigenvalue weighted by molar-refractivity contribution is 0.0318. The van der Waals surface area contributed by atoms with Crippen molar-refractivity contribution in [3.63, 3.8) is 0 Å². The van der Waals surface area contributed by atoms with Crippen LogP contribution < -0.4 is 10.0 Å². The highest BCUT2D eigenvalue weighted by atomic mass is 35.5. The van der Waals surface area contributed by atoms with Crippen molar-refractivity contribution in [2.75, 3.05) is 5.32 Å². The maximum absolute atomic E-state index is 12.6. The van der Waals surface area contributed by atoms with Gasteiger partial charge in [-0.3, -0.25) is 0 Å². The molecule has 7 heteroatoms. The highest BCUT2D eigenvalue weighted by molar-refractivity contribution is 7.90. The van der Waals surface area contributed by atoms with Gasteiger partial charge in [0, 0.05) is 28.5 Å². The Labute approximate surface area is 181 Å². The van der Waals surface area contributed by atoms with Crippen molar-refractivity contribution in [3.8, 4) is 0 Å². The minimum Gasteiger partial charge on any atom is -0.598 e. The Morgan fingerprint density at radius 3 is 2.38 bits per heavy atom. The molecule has 5 rings (SSSR count). The fourth-order valence-electron chi connectivity index (χ4n) is 4.87. The van der Waals surface area contributed by atoms with E-state index in [0.29, 0.717) is 5.15 Å². The van der Waals surface area contributed by atoms with Crippen LogP contribution in [0.15, 0.2) is 24.4 Å². The first-order valence-electron chi connectivity index (χ1n) is 10.5. The Kier molecular flexibility index (Phi) is 5.52. The highest BCUT2D eigenvalue weighted by Gasteiger charge is 2.52. The van der Waals surface area contributed by atoms with Gasteiger partial charge < -0.3 is 9.87 Å². The molecule has 158 valence electrons. The third kappa shape index (κ3) is 4.09. The summed E-state index contributed by atoms with van der Waals surface area (Å²) in [6.45, 7) is 8.29. The first kappa shape index (κ1) is 21.2. The zero-order chi connectivity index (χ0) is 20.9. The van der Waals surface area contributed by atoms with Crippen molar-refractivity contribution in [1.29, 1.82) is 0 Å². The predicted octanol–water partition coefficient (Wildman–Crippen LogP) is 5.23. The molecule has 3 fully saturated rings. The van der Waals surface area contributed by atoms with Crippen LogP contribution >= 0.6 is 11.6 Å². The lowest BCUT2D eigenvalue weighted by Crippen LogP contribution is -2.58. The minimum absolute atomic E-state index is 0.0972. The van der Waals surface area contributed by atoms with Gasteiger partial charge in [0.25, 0.3) is 0 Å². The molecular weight excluding hydrogens is 404 g/mol. The third-order valence-corrected chi connectivity index (χ3v) is 8.98. The second kappa shape index (κ2) is 7.56. The van der Waals surface area contributed by atoms with Crippen LogP contribution in [0.2, 0.25) is 5.15 Å². The van der Waals surface area contributed by atoms with Gasteiger partial charge in [0.15, 0.2) is 5.15 Å². The smallest absolute Gasteiger partial charge is 0.155 e. The van der Waals surface area contributed by atoms with Gasteiger partial charge in [-0.25, -0.2) is 9.97 Å². The number of halogens is 1. The van der Waals surface area contributed by atoms with E-state index in [4.69, 9.17) is 16.6 Å². The molecule has 2 aromatic rings. The van der Waals surface area contributed by atoms with Gasteiger partial charge in [0.2, 0.25) is 0 Å². The Morgan fingerprint density at radius 1 is 1.10 bits per heavy atom. The summed E-state index contributed by atoms with van der Waals surface area (Å²) in [5, 5.41) is 5.20. The molecule has 0 radical (unpaired) electrons. The van der Waals surface area contributed by atoms with E-state index in [1.807, 2.05) is 32.9 Å². The molecular formula is C22H31ClN4OS. The summed E-state index contributed by atoms with van der Waals surface area (Å²) in [5.74, 6) is 0.877. The molecule has 2 bridgehead atoms. The summed E-state index contributed by atoms with van der Waals surface area (Å²) < 4.78 is 15.8. The maximum atomic E-state index is 12.6. The van der Waals surface area contributed by atoms with E-state index in [9.17, 15) is 4.55 Å². The molecule has 5 nitrogen and oxygen atoms in total. The fourth-order valence-corrected chi connectivity index (χ4v) is 6.00. The number of hydrogen-bond donors (Lipinski definition) is 2. The van der Waals surface area contributed by atoms with E-state index < -0.39 is 11.4 Å². The van der Waals surface area contributed by atoms with Crippen molar-refractivity contribution in [2.24, 2.45) is 5.41 Å². The van der Waals surface area contributed by atoms with E-state index in [-0.39, 0.29) is 21.7 Å². The topological polar surface area (TPSA) is 72.9 Å². The summed E-state index contributed by atoms with van der Waals surface area (Å²) in [6.07, 6.45) is 8.48. The Hall–Kier alpha value is -1.08. The van der Waals surface area contributed by atoms with Crippen molar-refractivity contribution >= 4 is 39.7 Å². The zero-order valence-corrected chi connectivity index (χ0v) is 19.3. The van der Waals surface area contributed by atoms with Crippen molar-refractivity contribution in [2.45, 2.75) is 82.5 Å². The lowest BCUT2D eigenvalue weighted by atomic mass is 9.55. The normalized spacial score (nSPS) is 29.0. The van der Waals surface area contributed by atoms with Crippen LogP contribution in [-0.2, 0) is 11.4 Å². The summed E-state index contributed by atoms with van der Waals surface area (Å²) in [7, 11) is 0. The van der Waals surface area contributed by atoms with E-state index in [0.717, 1.165) is 55.2 Å². The van der Waals surface area contributed by atoms with Gasteiger partial charge in [0.1, 0.15) is 16.1 Å². The third-order valence-electron chi connectivity index (χ3n) is 7.02. The van der Waals surface area contributed by atoms with Gasteiger partial charge in [-0.2, -0.15) is 0 Å². The number of anilines is 1. The molecule has 2 aromatic heterocycles. The van der Waals surface area contributed by atoms with Crippen LogP contribution in [0.1, 0.15) is 66.2 Å². The molecule has 2 atom stereocenters. The van der Waals surface area contributed by atoms with Gasteiger partial charge in [-0.05, 0) is 89.8 Å². The molecule has 2 heterocycles. The van der Waals surface area contributed by atoms with Crippen LogP contribution in [0.3, 0.4) is 0 Å². The summed E-state index contributed by atoms with van der Waals surface area (Å²) in [6, 6.07) is 6.28. The number of pyridine rings is 2. The molecule has 2 N–H and O–H groups in total. The molecule has 3 aliphatic carbocycles. The van der Waals surface area contributed by atoms with Gasteiger partial charge in [0.05, 0.1) is 6.04 Å². The molecule has 0 unspecified atom stereocenters. The Morgan fingerprint density at radius 2 is 1.76 bits per heavy atom. The number of aromatic nitrogens is 2. The maximum Gasteiger partial charge on any atom is 0.155 e. The second-order valence-electron chi connectivity index (χ2n) is 9.86. The molecule has 0 spiro atoms. The van der Waals surface area contributed by atoms with Crippen LogP contribution in [0, 0.1) is 5.41 Å². The van der Waals surface area contributed by atoms with Gasteiger partial charge in [-0.15, -0.1) is 4.72 Å². The molecule has 29 heavy (non-hydrogen) atoms. The van der Waals surface area contributed by atoms with Crippen molar-refractivity contribution in [3.05, 3.63) is 29.5 Å². The van der Waals surface area contributed by atoms with E-state index in [1.54, 1.807) is 6.20 Å². The quantitative estimate of drug-likeness (QED) is 0.498. The minimum atomic E-state index is -1.03. The number of nitrogens with zero attached hydrogens (tertiary/aromatic N) is 2. The van der Waals surface area contributed by atoms with E-state index in [2.05, 4.69) is 28.0 Å². The van der Waals surface area contributed by atoms with Gasteiger partial charge in [-0.1, -0.05) is 11.6 Å². The fraction of sp³-hybridized carbons (Fsp3) is 0.636. The molecule has 0 saturated heterocycles. The lowest BCUT2D eigenvalue weighted by Gasteiger charge is -2.56. The Balaban J connectivity index is 1.45. The number of nitrogens with one attached hydrogen (secondary N) is 2. The van der Waals surface area contributed by atoms with Crippen LogP contribution in [0.4, 0.5) is 5.82 Å². The summed E-state index contributed by atoms with van der Waals surface area (Å²) >= 11 is 5.21. The van der Waals surface area contributed by atoms with E-state index >= 15 is 0 Å². The summed E-state index contributed by atoms with van der Waals surface area (Å²) in [4.78, 5) is 8.89. The zero-order valence-electron chi connectivity index (χ0n) is 17.7. The van der Waals surface area contributed by atoms with Crippen molar-refractivity contribution < 1.29 is 4.55 Å². The number of hydrogen-bond acceptors (Lipinski definition) is 5. The molecule has 0 aliphatic heterocycles. The van der Waals surface area contributed by atoms with Gasteiger partial charge >= 0.3 is 0 Å². The first-order chi connectivity index (χ1) is 13.6. The molecule has 3 aliphatic rings. The summed E-state index contributed by atoms with van der Waals surface area (Å²) in [5.41, 5.74) is 1.09. The molecule has 0 aromatic carbocycles. The predicted molar refractivity (Wildman–Crippen MR) is 122 cm³/mol. The number of rotatable bonds is 5. The standard InChI is InChI=1S/C22H31ClN4OS/c1-15(27-29(28)20(2,3)4)21-8-11-22(12-9-21,13-10-21)26-17-6-5-16-7-14-24-19(23)18(16)25-17/h5-7,14-15,27H,8-13H2,1-4H3,(H,25,26)/t15-,21?,22?,29-/m0/s1.